The van der Waals surface area contributed by atoms with Gasteiger partial charge in [-0.2, -0.15) is 0 Å². The van der Waals surface area contributed by atoms with Gasteiger partial charge in [0.2, 0.25) is 5.91 Å². The van der Waals surface area contributed by atoms with Gasteiger partial charge in [0, 0.05) is 13.0 Å². The van der Waals surface area contributed by atoms with Crippen molar-refractivity contribution >= 4 is 5.91 Å². The van der Waals surface area contributed by atoms with Gasteiger partial charge in [-0.25, -0.2) is 4.68 Å². The quantitative estimate of drug-likeness (QED) is 0.831. The molecule has 8 heteroatoms. The van der Waals surface area contributed by atoms with Crippen molar-refractivity contribution in [2.45, 2.75) is 25.5 Å². The van der Waals surface area contributed by atoms with Crippen molar-refractivity contribution in [3.05, 3.63) is 30.6 Å². The van der Waals surface area contributed by atoms with E-state index in [0.717, 1.165) is 5.75 Å². The Balaban J connectivity index is 1.37. The van der Waals surface area contributed by atoms with Gasteiger partial charge in [0.15, 0.2) is 11.5 Å². The third-order valence-corrected chi connectivity index (χ3v) is 3.28. The van der Waals surface area contributed by atoms with Crippen LogP contribution in [0.3, 0.4) is 0 Å². The number of nitrogens with one attached hydrogen (secondary N) is 1. The fourth-order valence-corrected chi connectivity index (χ4v) is 2.16. The molecule has 1 aromatic heterocycles. The summed E-state index contributed by atoms with van der Waals surface area (Å²) in [7, 11) is 0. The van der Waals surface area contributed by atoms with Crippen molar-refractivity contribution in [1.29, 1.82) is 0 Å². The van der Waals surface area contributed by atoms with Crippen LogP contribution < -0.4 is 14.8 Å². The fraction of sp³-hybridized carbons (Fsp3) is 0.429. The van der Waals surface area contributed by atoms with Gasteiger partial charge in [0.1, 0.15) is 19.0 Å². The molecule has 0 spiro atoms. The Morgan fingerprint density at radius 3 is 3.05 bits per heavy atom. The second kappa shape index (κ2) is 6.88. The molecular weight excluding hydrogens is 286 g/mol. The van der Waals surface area contributed by atoms with Gasteiger partial charge in [-0.15, -0.1) is 5.10 Å². The second-order valence-corrected chi connectivity index (χ2v) is 4.98. The van der Waals surface area contributed by atoms with Crippen molar-refractivity contribution in [2.24, 2.45) is 0 Å². The highest BCUT2D eigenvalue weighted by molar-refractivity contribution is 5.75. The van der Waals surface area contributed by atoms with Crippen molar-refractivity contribution < 1.29 is 14.3 Å². The first-order valence-electron chi connectivity index (χ1n) is 7.17. The van der Waals surface area contributed by atoms with Crippen LogP contribution >= 0.6 is 0 Å². The van der Waals surface area contributed by atoms with E-state index in [1.165, 1.54) is 6.33 Å². The number of rotatable bonds is 6. The number of carbonyl (C=O) groups is 1. The Kier molecular flexibility index (Phi) is 4.47. The minimum absolute atomic E-state index is 0.0180. The van der Waals surface area contributed by atoms with Gasteiger partial charge < -0.3 is 14.8 Å². The Hall–Kier alpha value is -2.64. The van der Waals surface area contributed by atoms with Crippen molar-refractivity contribution in [1.82, 2.24) is 25.5 Å². The lowest BCUT2D eigenvalue weighted by Crippen LogP contribution is -2.40. The molecule has 0 unspecified atom stereocenters. The lowest BCUT2D eigenvalue weighted by molar-refractivity contribution is -0.121. The van der Waals surface area contributed by atoms with Crippen LogP contribution in [0.4, 0.5) is 0 Å². The van der Waals surface area contributed by atoms with Gasteiger partial charge in [-0.3, -0.25) is 4.79 Å². The first-order chi connectivity index (χ1) is 10.8. The molecule has 116 valence electrons. The molecule has 2 aromatic rings. The standard InChI is InChI=1S/C14H17N5O3/c20-14(6-3-7-19-10-16-17-18-19)15-8-11-9-21-12-4-1-2-5-13(12)22-11/h1-2,4-5,10-11H,3,6-9H2,(H,15,20)/t11-/m0/s1. The number of nitrogens with zero attached hydrogens (tertiary/aromatic N) is 4. The van der Waals surface area contributed by atoms with E-state index in [-0.39, 0.29) is 12.0 Å². The molecule has 1 aliphatic heterocycles. The normalized spacial score (nSPS) is 16.3. The summed E-state index contributed by atoms with van der Waals surface area (Å²) in [6, 6.07) is 7.51. The Bertz CT molecular complexity index is 617. The molecule has 0 saturated carbocycles. The molecule has 0 aliphatic carbocycles. The molecule has 1 aliphatic rings. The number of para-hydroxylation sites is 2. The highest BCUT2D eigenvalue weighted by atomic mass is 16.6. The van der Waals surface area contributed by atoms with Gasteiger partial charge in [0.05, 0.1) is 6.54 Å². The lowest BCUT2D eigenvalue weighted by atomic mass is 10.2. The third-order valence-electron chi connectivity index (χ3n) is 3.28. The predicted molar refractivity (Wildman–Crippen MR) is 76.4 cm³/mol. The van der Waals surface area contributed by atoms with Crippen molar-refractivity contribution in [3.63, 3.8) is 0 Å². The van der Waals surface area contributed by atoms with E-state index in [9.17, 15) is 4.79 Å². The highest BCUT2D eigenvalue weighted by Gasteiger charge is 2.20. The zero-order chi connectivity index (χ0) is 15.2. The molecule has 0 radical (unpaired) electrons. The molecule has 0 fully saturated rings. The number of ether oxygens (including phenoxy) is 2. The average molecular weight is 303 g/mol. The van der Waals surface area contributed by atoms with E-state index in [0.29, 0.717) is 38.3 Å². The van der Waals surface area contributed by atoms with Gasteiger partial charge in [-0.05, 0) is 29.0 Å². The summed E-state index contributed by atoms with van der Waals surface area (Å²) in [5, 5.41) is 13.7. The number of hydrogen-bond acceptors (Lipinski definition) is 6. The summed E-state index contributed by atoms with van der Waals surface area (Å²) in [4.78, 5) is 11.8. The van der Waals surface area contributed by atoms with E-state index in [4.69, 9.17) is 9.47 Å². The van der Waals surface area contributed by atoms with Crippen LogP contribution in [0.25, 0.3) is 0 Å². The van der Waals surface area contributed by atoms with Crippen molar-refractivity contribution in [3.8, 4) is 11.5 Å². The van der Waals surface area contributed by atoms with Gasteiger partial charge in [0.25, 0.3) is 0 Å². The molecule has 3 rings (SSSR count). The van der Waals surface area contributed by atoms with Gasteiger partial charge >= 0.3 is 0 Å². The zero-order valence-electron chi connectivity index (χ0n) is 12.0. The third kappa shape index (κ3) is 3.72. The Labute approximate surface area is 127 Å². The number of aryl methyl sites for hydroxylation is 1. The first-order valence-corrected chi connectivity index (χ1v) is 7.17. The summed E-state index contributed by atoms with van der Waals surface area (Å²) in [5.74, 6) is 1.44. The number of fused-ring (bicyclic) bond motifs is 1. The van der Waals surface area contributed by atoms with Crippen LogP contribution in [-0.2, 0) is 11.3 Å². The summed E-state index contributed by atoms with van der Waals surface area (Å²) in [5.41, 5.74) is 0. The Morgan fingerprint density at radius 1 is 1.36 bits per heavy atom. The van der Waals surface area contributed by atoms with Crippen molar-refractivity contribution in [2.75, 3.05) is 13.2 Å². The van der Waals surface area contributed by atoms with Gasteiger partial charge in [-0.1, -0.05) is 12.1 Å². The predicted octanol–water partition coefficient (Wildman–Crippen LogP) is 0.409. The van der Waals surface area contributed by atoms with E-state index in [1.54, 1.807) is 4.68 Å². The van der Waals surface area contributed by atoms with Crippen LogP contribution in [0, 0.1) is 0 Å². The molecule has 0 saturated heterocycles. The average Bonchev–Trinajstić information content (AvgIpc) is 3.06. The molecule has 1 amide bonds. The topological polar surface area (TPSA) is 91.2 Å². The molecule has 2 heterocycles. The molecule has 1 atom stereocenters. The maximum Gasteiger partial charge on any atom is 0.220 e. The molecule has 1 N–H and O–H groups in total. The minimum atomic E-state index is -0.168. The maximum atomic E-state index is 11.8. The highest BCUT2D eigenvalue weighted by Crippen LogP contribution is 2.30. The first kappa shape index (κ1) is 14.3. The molecule has 22 heavy (non-hydrogen) atoms. The number of benzene rings is 1. The van der Waals surface area contributed by atoms with E-state index in [2.05, 4.69) is 20.8 Å². The fourth-order valence-electron chi connectivity index (χ4n) is 2.16. The Morgan fingerprint density at radius 2 is 2.23 bits per heavy atom. The monoisotopic (exact) mass is 303 g/mol. The number of amides is 1. The lowest BCUT2D eigenvalue weighted by Gasteiger charge is -2.26. The molecule has 8 nitrogen and oxygen atoms in total. The largest absolute Gasteiger partial charge is 0.486 e. The molecule has 1 aromatic carbocycles. The van der Waals surface area contributed by atoms with E-state index >= 15 is 0 Å². The summed E-state index contributed by atoms with van der Waals surface area (Å²) in [6.45, 7) is 1.48. The van der Waals surface area contributed by atoms with Crippen LogP contribution in [0.1, 0.15) is 12.8 Å². The van der Waals surface area contributed by atoms with E-state index in [1.807, 2.05) is 24.3 Å². The van der Waals surface area contributed by atoms with E-state index < -0.39 is 0 Å². The van der Waals surface area contributed by atoms with Crippen LogP contribution in [0.2, 0.25) is 0 Å². The SMILES string of the molecule is O=C(CCCn1cnnn1)NC[C@H]1COc2ccccc2O1. The van der Waals surface area contributed by atoms with Crippen LogP contribution in [0.5, 0.6) is 11.5 Å². The number of tetrazole rings is 1. The molecular formula is C14H17N5O3. The number of carbonyl (C=O) groups excluding carboxylic acids is 1. The smallest absolute Gasteiger partial charge is 0.220 e. The second-order valence-electron chi connectivity index (χ2n) is 4.98. The molecule has 0 bridgehead atoms. The maximum absolute atomic E-state index is 11.8. The minimum Gasteiger partial charge on any atom is -0.486 e. The zero-order valence-corrected chi connectivity index (χ0v) is 12.0. The van der Waals surface area contributed by atoms with Crippen LogP contribution in [-0.4, -0.2) is 45.4 Å². The van der Waals surface area contributed by atoms with Crippen LogP contribution in [0.15, 0.2) is 30.6 Å². The summed E-state index contributed by atoms with van der Waals surface area (Å²) < 4.78 is 13.0. The number of aromatic nitrogens is 4. The summed E-state index contributed by atoms with van der Waals surface area (Å²) in [6.07, 6.45) is 2.47. The number of hydrogen-bond donors (Lipinski definition) is 1. The summed E-state index contributed by atoms with van der Waals surface area (Å²) >= 11 is 0.